The maximum atomic E-state index is 12.8. The highest BCUT2D eigenvalue weighted by molar-refractivity contribution is 6.30. The van der Waals surface area contributed by atoms with Gasteiger partial charge in [-0.15, -0.1) is 0 Å². The van der Waals surface area contributed by atoms with Crippen molar-refractivity contribution in [1.82, 2.24) is 9.80 Å². The lowest BCUT2D eigenvalue weighted by molar-refractivity contribution is -0.138. The van der Waals surface area contributed by atoms with Crippen molar-refractivity contribution in [2.75, 3.05) is 32.7 Å². The second kappa shape index (κ2) is 8.19. The van der Waals surface area contributed by atoms with E-state index in [4.69, 9.17) is 17.3 Å². The molecule has 2 amide bonds. The molecule has 2 fully saturated rings. The van der Waals surface area contributed by atoms with Crippen molar-refractivity contribution >= 4 is 23.4 Å². The normalized spacial score (nSPS) is 22.1. The summed E-state index contributed by atoms with van der Waals surface area (Å²) in [5, 5.41) is 0.615. The molecule has 136 valence electrons. The maximum absolute atomic E-state index is 12.8. The quantitative estimate of drug-likeness (QED) is 0.896. The standard InChI is InChI=1S/C19H26ClN3O2/c20-17-5-3-15(4-6-17)18(24)23-9-1-2-16(13-23)19(25)22-10-7-14(12-21)8-11-22/h3-6,14,16H,1-2,7-13,21H2. The Balaban J connectivity index is 1.60. The first-order valence-electron chi connectivity index (χ1n) is 9.12. The van der Waals surface area contributed by atoms with Gasteiger partial charge in [0.15, 0.2) is 0 Å². The van der Waals surface area contributed by atoms with E-state index < -0.39 is 0 Å². The summed E-state index contributed by atoms with van der Waals surface area (Å²) in [6.07, 6.45) is 3.71. The van der Waals surface area contributed by atoms with E-state index in [0.717, 1.165) is 38.8 Å². The van der Waals surface area contributed by atoms with Crippen LogP contribution in [0.15, 0.2) is 24.3 Å². The molecule has 0 radical (unpaired) electrons. The van der Waals surface area contributed by atoms with Crippen LogP contribution in [-0.2, 0) is 4.79 Å². The number of benzene rings is 1. The fourth-order valence-corrected chi connectivity index (χ4v) is 3.91. The predicted octanol–water partition coefficient (Wildman–Crippen LogP) is 2.39. The van der Waals surface area contributed by atoms with Crippen LogP contribution < -0.4 is 5.73 Å². The molecule has 0 aliphatic carbocycles. The molecule has 1 aromatic carbocycles. The molecule has 0 aromatic heterocycles. The minimum absolute atomic E-state index is 0.0176. The van der Waals surface area contributed by atoms with Crippen LogP contribution >= 0.6 is 11.6 Å². The van der Waals surface area contributed by atoms with Crippen molar-refractivity contribution in [3.63, 3.8) is 0 Å². The molecule has 6 heteroatoms. The molecule has 1 unspecified atom stereocenters. The molecule has 2 heterocycles. The van der Waals surface area contributed by atoms with Crippen LogP contribution in [0.5, 0.6) is 0 Å². The molecule has 2 aliphatic heterocycles. The average molecular weight is 364 g/mol. The fourth-order valence-electron chi connectivity index (χ4n) is 3.79. The molecule has 2 N–H and O–H groups in total. The Morgan fingerprint density at radius 3 is 2.36 bits per heavy atom. The molecule has 2 aliphatic rings. The van der Waals surface area contributed by atoms with E-state index in [1.54, 1.807) is 24.3 Å². The SMILES string of the molecule is NCC1CCN(C(=O)C2CCCN(C(=O)c3ccc(Cl)cc3)C2)CC1. The van der Waals surface area contributed by atoms with Crippen LogP contribution in [-0.4, -0.2) is 54.3 Å². The van der Waals surface area contributed by atoms with Gasteiger partial charge in [0.1, 0.15) is 0 Å². The van der Waals surface area contributed by atoms with E-state index in [1.165, 1.54) is 0 Å². The lowest BCUT2D eigenvalue weighted by Gasteiger charge is -2.37. The monoisotopic (exact) mass is 363 g/mol. The van der Waals surface area contributed by atoms with Gasteiger partial charge in [0, 0.05) is 36.8 Å². The summed E-state index contributed by atoms with van der Waals surface area (Å²) in [5.74, 6) is 0.637. The molecule has 0 saturated carbocycles. The first kappa shape index (κ1) is 18.2. The number of hydrogen-bond donors (Lipinski definition) is 1. The number of hydrogen-bond acceptors (Lipinski definition) is 3. The minimum atomic E-state index is -0.0839. The third kappa shape index (κ3) is 4.33. The van der Waals surface area contributed by atoms with Gasteiger partial charge in [0.2, 0.25) is 5.91 Å². The van der Waals surface area contributed by atoms with Crippen LogP contribution in [0.4, 0.5) is 0 Å². The van der Waals surface area contributed by atoms with E-state index >= 15 is 0 Å². The van der Waals surface area contributed by atoms with E-state index in [0.29, 0.717) is 36.1 Å². The van der Waals surface area contributed by atoms with Gasteiger partial charge >= 0.3 is 0 Å². The summed E-state index contributed by atoms with van der Waals surface area (Å²) in [7, 11) is 0. The van der Waals surface area contributed by atoms with E-state index in [2.05, 4.69) is 0 Å². The van der Waals surface area contributed by atoms with E-state index in [9.17, 15) is 9.59 Å². The van der Waals surface area contributed by atoms with E-state index in [1.807, 2.05) is 9.80 Å². The summed E-state index contributed by atoms with van der Waals surface area (Å²) < 4.78 is 0. The molecule has 0 bridgehead atoms. The lowest BCUT2D eigenvalue weighted by atomic mass is 9.92. The van der Waals surface area contributed by atoms with Crippen LogP contribution in [0, 0.1) is 11.8 Å². The third-order valence-electron chi connectivity index (χ3n) is 5.41. The molecule has 3 rings (SSSR count). The number of carbonyl (C=O) groups excluding carboxylic acids is 2. The molecule has 1 aromatic rings. The van der Waals surface area contributed by atoms with Gasteiger partial charge in [0.05, 0.1) is 5.92 Å². The van der Waals surface area contributed by atoms with Gasteiger partial charge in [0.25, 0.3) is 5.91 Å². The summed E-state index contributed by atoms with van der Waals surface area (Å²) >= 11 is 5.89. The first-order chi connectivity index (χ1) is 12.1. The average Bonchev–Trinajstić information content (AvgIpc) is 2.67. The smallest absolute Gasteiger partial charge is 0.253 e. The second-order valence-electron chi connectivity index (χ2n) is 7.10. The third-order valence-corrected chi connectivity index (χ3v) is 5.66. The van der Waals surface area contributed by atoms with Crippen LogP contribution in [0.2, 0.25) is 5.02 Å². The van der Waals surface area contributed by atoms with Crippen molar-refractivity contribution in [1.29, 1.82) is 0 Å². The largest absolute Gasteiger partial charge is 0.342 e. The highest BCUT2D eigenvalue weighted by Crippen LogP contribution is 2.24. The minimum Gasteiger partial charge on any atom is -0.342 e. The Labute approximate surface area is 154 Å². The maximum Gasteiger partial charge on any atom is 0.253 e. The molecule has 5 nitrogen and oxygen atoms in total. The number of nitrogens with two attached hydrogens (primary N) is 1. The van der Waals surface area contributed by atoms with Crippen LogP contribution in [0.25, 0.3) is 0 Å². The van der Waals surface area contributed by atoms with Crippen molar-refractivity contribution in [2.45, 2.75) is 25.7 Å². The van der Waals surface area contributed by atoms with Gasteiger partial charge in [-0.2, -0.15) is 0 Å². The number of nitrogens with zero attached hydrogens (tertiary/aromatic N) is 2. The molecule has 0 spiro atoms. The van der Waals surface area contributed by atoms with Gasteiger partial charge < -0.3 is 15.5 Å². The second-order valence-corrected chi connectivity index (χ2v) is 7.54. The van der Waals surface area contributed by atoms with Gasteiger partial charge in [-0.25, -0.2) is 0 Å². The predicted molar refractivity (Wildman–Crippen MR) is 98.4 cm³/mol. The van der Waals surface area contributed by atoms with Gasteiger partial charge in [-0.3, -0.25) is 9.59 Å². The molecule has 1 atom stereocenters. The zero-order valence-corrected chi connectivity index (χ0v) is 15.3. The Morgan fingerprint density at radius 2 is 1.72 bits per heavy atom. The highest BCUT2D eigenvalue weighted by Gasteiger charge is 2.33. The number of amides is 2. The van der Waals surface area contributed by atoms with Crippen molar-refractivity contribution in [3.8, 4) is 0 Å². The number of rotatable bonds is 3. The zero-order chi connectivity index (χ0) is 17.8. The summed E-state index contributed by atoms with van der Waals surface area (Å²) in [6.45, 7) is 3.51. The molecule has 2 saturated heterocycles. The van der Waals surface area contributed by atoms with Crippen molar-refractivity contribution < 1.29 is 9.59 Å². The Kier molecular flexibility index (Phi) is 5.97. The lowest BCUT2D eigenvalue weighted by Crippen LogP contribution is -2.49. The number of carbonyl (C=O) groups is 2. The van der Waals surface area contributed by atoms with Crippen LogP contribution in [0.3, 0.4) is 0 Å². The van der Waals surface area contributed by atoms with Crippen molar-refractivity contribution in [2.24, 2.45) is 17.6 Å². The highest BCUT2D eigenvalue weighted by atomic mass is 35.5. The number of piperidine rings is 2. The summed E-state index contributed by atoms with van der Waals surface area (Å²) in [6, 6.07) is 6.94. The Bertz CT molecular complexity index is 612. The first-order valence-corrected chi connectivity index (χ1v) is 9.50. The van der Waals surface area contributed by atoms with Gasteiger partial charge in [-0.05, 0) is 62.4 Å². The molecular weight excluding hydrogens is 338 g/mol. The summed E-state index contributed by atoms with van der Waals surface area (Å²) in [5.41, 5.74) is 6.35. The molecular formula is C19H26ClN3O2. The fraction of sp³-hybridized carbons (Fsp3) is 0.579. The van der Waals surface area contributed by atoms with Crippen LogP contribution in [0.1, 0.15) is 36.0 Å². The van der Waals surface area contributed by atoms with Gasteiger partial charge in [-0.1, -0.05) is 11.6 Å². The topological polar surface area (TPSA) is 66.6 Å². The summed E-state index contributed by atoms with van der Waals surface area (Å²) in [4.78, 5) is 29.3. The number of halogens is 1. The molecule has 25 heavy (non-hydrogen) atoms. The zero-order valence-electron chi connectivity index (χ0n) is 14.5. The number of likely N-dealkylation sites (tertiary alicyclic amines) is 2. The van der Waals surface area contributed by atoms with E-state index in [-0.39, 0.29) is 17.7 Å². The Hall–Kier alpha value is -1.59. The Morgan fingerprint density at radius 1 is 1.04 bits per heavy atom. The van der Waals surface area contributed by atoms with Crippen molar-refractivity contribution in [3.05, 3.63) is 34.9 Å².